The molecule has 0 amide bonds. The van der Waals surface area contributed by atoms with Gasteiger partial charge in [-0.25, -0.2) is 4.98 Å². The van der Waals surface area contributed by atoms with E-state index in [1.807, 2.05) is 24.3 Å². The van der Waals surface area contributed by atoms with Crippen molar-refractivity contribution >= 4 is 27.3 Å². The third kappa shape index (κ3) is 3.12. The minimum Gasteiger partial charge on any atom is -0.370 e. The maximum Gasteiger partial charge on any atom is 0.182 e. The lowest BCUT2D eigenvalue weighted by Crippen LogP contribution is -2.20. The lowest BCUT2D eigenvalue weighted by atomic mass is 10.1. The molecule has 0 saturated heterocycles. The molecule has 0 bridgehead atoms. The predicted molar refractivity (Wildman–Crippen MR) is 81.2 cm³/mol. The van der Waals surface area contributed by atoms with E-state index in [-0.39, 0.29) is 18.5 Å². The SMILES string of the molecule is N#C[C@@H](C(=O)COC1CCCC1)c1nc2ccccc2s1. The molecule has 1 fully saturated rings. The molecule has 108 valence electrons. The van der Waals surface area contributed by atoms with Crippen LogP contribution >= 0.6 is 11.3 Å². The smallest absolute Gasteiger partial charge is 0.182 e. The molecule has 0 aliphatic heterocycles. The number of hydrogen-bond acceptors (Lipinski definition) is 5. The number of benzene rings is 1. The van der Waals surface area contributed by atoms with Crippen molar-refractivity contribution in [1.29, 1.82) is 5.26 Å². The van der Waals surface area contributed by atoms with Crippen LogP contribution in [0.1, 0.15) is 36.6 Å². The Kier molecular flexibility index (Phi) is 4.28. The summed E-state index contributed by atoms with van der Waals surface area (Å²) in [6, 6.07) is 9.74. The zero-order valence-electron chi connectivity index (χ0n) is 11.6. The Morgan fingerprint density at radius 2 is 2.19 bits per heavy atom. The van der Waals surface area contributed by atoms with Crippen LogP contribution in [0.5, 0.6) is 0 Å². The van der Waals surface area contributed by atoms with E-state index in [2.05, 4.69) is 11.1 Å². The highest BCUT2D eigenvalue weighted by molar-refractivity contribution is 7.18. The third-order valence-electron chi connectivity index (χ3n) is 3.77. The summed E-state index contributed by atoms with van der Waals surface area (Å²) in [6.07, 6.45) is 4.55. The average Bonchev–Trinajstić information content (AvgIpc) is 3.15. The van der Waals surface area contributed by atoms with Gasteiger partial charge in [-0.3, -0.25) is 4.79 Å². The summed E-state index contributed by atoms with van der Waals surface area (Å²) in [5, 5.41) is 9.88. The average molecular weight is 300 g/mol. The summed E-state index contributed by atoms with van der Waals surface area (Å²) in [4.78, 5) is 16.6. The Balaban J connectivity index is 1.71. The first kappa shape index (κ1) is 14.2. The number of thiazole rings is 1. The summed E-state index contributed by atoms with van der Waals surface area (Å²) in [5.41, 5.74) is 0.835. The lowest BCUT2D eigenvalue weighted by molar-refractivity contribution is -0.125. The number of rotatable bonds is 5. The lowest BCUT2D eigenvalue weighted by Gasteiger charge is -2.11. The van der Waals surface area contributed by atoms with E-state index in [0.717, 1.165) is 23.1 Å². The topological polar surface area (TPSA) is 63.0 Å². The highest BCUT2D eigenvalue weighted by Crippen LogP contribution is 2.28. The normalized spacial score (nSPS) is 16.9. The van der Waals surface area contributed by atoms with E-state index in [1.54, 1.807) is 0 Å². The molecule has 21 heavy (non-hydrogen) atoms. The van der Waals surface area contributed by atoms with Gasteiger partial charge in [0.25, 0.3) is 0 Å². The first-order chi connectivity index (χ1) is 10.3. The number of fused-ring (bicyclic) bond motifs is 1. The first-order valence-corrected chi connectivity index (χ1v) is 7.99. The summed E-state index contributed by atoms with van der Waals surface area (Å²) < 4.78 is 6.62. The van der Waals surface area contributed by atoms with Gasteiger partial charge < -0.3 is 4.74 Å². The van der Waals surface area contributed by atoms with Crippen LogP contribution in [0.4, 0.5) is 0 Å². The van der Waals surface area contributed by atoms with Crippen LogP contribution in [-0.4, -0.2) is 23.5 Å². The minimum atomic E-state index is -0.816. The van der Waals surface area contributed by atoms with Gasteiger partial charge in [-0.2, -0.15) is 5.26 Å². The second-order valence-electron chi connectivity index (χ2n) is 5.27. The van der Waals surface area contributed by atoms with Crippen LogP contribution < -0.4 is 0 Å². The van der Waals surface area contributed by atoms with Crippen molar-refractivity contribution in [3.8, 4) is 6.07 Å². The largest absolute Gasteiger partial charge is 0.370 e. The van der Waals surface area contributed by atoms with Crippen molar-refractivity contribution in [3.05, 3.63) is 29.3 Å². The summed E-state index contributed by atoms with van der Waals surface area (Å²) in [5.74, 6) is -1.01. The second-order valence-corrected chi connectivity index (χ2v) is 6.33. The molecular weight excluding hydrogens is 284 g/mol. The fourth-order valence-electron chi connectivity index (χ4n) is 2.62. The number of carbonyl (C=O) groups excluding carboxylic acids is 1. The highest BCUT2D eigenvalue weighted by Gasteiger charge is 2.25. The van der Waals surface area contributed by atoms with Crippen molar-refractivity contribution in [2.75, 3.05) is 6.61 Å². The molecule has 1 heterocycles. The molecule has 0 radical (unpaired) electrons. The van der Waals surface area contributed by atoms with Crippen LogP contribution in [0.15, 0.2) is 24.3 Å². The maximum atomic E-state index is 12.2. The van der Waals surface area contributed by atoms with Gasteiger partial charge in [0.1, 0.15) is 11.6 Å². The molecule has 1 aliphatic rings. The number of hydrogen-bond donors (Lipinski definition) is 0. The number of Topliss-reactive ketones (excluding diaryl/α,β-unsaturated/α-hetero) is 1. The van der Waals surface area contributed by atoms with Crippen molar-refractivity contribution < 1.29 is 9.53 Å². The van der Waals surface area contributed by atoms with Crippen LogP contribution in [0.25, 0.3) is 10.2 Å². The van der Waals surface area contributed by atoms with Gasteiger partial charge in [-0.1, -0.05) is 25.0 Å². The van der Waals surface area contributed by atoms with Gasteiger partial charge in [0.15, 0.2) is 11.7 Å². The molecule has 1 saturated carbocycles. The molecule has 0 N–H and O–H groups in total. The Bertz CT molecular complexity index is 650. The highest BCUT2D eigenvalue weighted by atomic mass is 32.1. The van der Waals surface area contributed by atoms with E-state index in [9.17, 15) is 10.1 Å². The molecule has 3 rings (SSSR count). The zero-order chi connectivity index (χ0) is 14.7. The Morgan fingerprint density at radius 1 is 1.43 bits per heavy atom. The molecule has 1 aromatic carbocycles. The fraction of sp³-hybridized carbons (Fsp3) is 0.438. The first-order valence-electron chi connectivity index (χ1n) is 7.17. The molecule has 4 nitrogen and oxygen atoms in total. The van der Waals surface area contributed by atoms with Gasteiger partial charge in [0, 0.05) is 0 Å². The van der Waals surface area contributed by atoms with E-state index >= 15 is 0 Å². The molecule has 1 aliphatic carbocycles. The molecule has 5 heteroatoms. The maximum absolute atomic E-state index is 12.2. The summed E-state index contributed by atoms with van der Waals surface area (Å²) in [6.45, 7) is 0.0127. The monoisotopic (exact) mass is 300 g/mol. The van der Waals surface area contributed by atoms with Crippen molar-refractivity contribution in [2.45, 2.75) is 37.7 Å². The number of nitriles is 1. The molecule has 2 aromatic rings. The van der Waals surface area contributed by atoms with Crippen LogP contribution in [0, 0.1) is 11.3 Å². The third-order valence-corrected chi connectivity index (χ3v) is 4.87. The molecule has 0 spiro atoms. The van der Waals surface area contributed by atoms with Gasteiger partial charge >= 0.3 is 0 Å². The van der Waals surface area contributed by atoms with Gasteiger partial charge in [-0.05, 0) is 25.0 Å². The van der Waals surface area contributed by atoms with Crippen molar-refractivity contribution in [3.63, 3.8) is 0 Å². The van der Waals surface area contributed by atoms with Gasteiger partial charge in [-0.15, -0.1) is 11.3 Å². The van der Waals surface area contributed by atoms with Crippen LogP contribution in [-0.2, 0) is 9.53 Å². The Hall–Kier alpha value is -1.77. The molecule has 0 unspecified atom stereocenters. The predicted octanol–water partition coefficient (Wildman–Crippen LogP) is 3.43. The van der Waals surface area contributed by atoms with Crippen molar-refractivity contribution in [2.24, 2.45) is 0 Å². The van der Waals surface area contributed by atoms with Crippen molar-refractivity contribution in [1.82, 2.24) is 4.98 Å². The number of para-hydroxylation sites is 1. The van der Waals surface area contributed by atoms with E-state index < -0.39 is 5.92 Å². The van der Waals surface area contributed by atoms with Crippen LogP contribution in [0.3, 0.4) is 0 Å². The molecular formula is C16H16N2O2S. The van der Waals surface area contributed by atoms with Gasteiger partial charge in [0.2, 0.25) is 0 Å². The number of ether oxygens (including phenoxy) is 1. The second kappa shape index (κ2) is 6.33. The zero-order valence-corrected chi connectivity index (χ0v) is 12.4. The Labute approximate surface area is 127 Å². The summed E-state index contributed by atoms with van der Waals surface area (Å²) in [7, 11) is 0. The van der Waals surface area contributed by atoms with E-state index in [4.69, 9.17) is 4.74 Å². The summed E-state index contributed by atoms with van der Waals surface area (Å²) >= 11 is 1.41. The Morgan fingerprint density at radius 3 is 2.90 bits per heavy atom. The number of carbonyl (C=O) groups is 1. The van der Waals surface area contributed by atoms with Gasteiger partial charge in [0.05, 0.1) is 22.4 Å². The quantitative estimate of drug-likeness (QED) is 0.848. The standard InChI is InChI=1S/C16H16N2O2S/c17-9-12(14(19)10-20-11-5-1-2-6-11)16-18-13-7-3-4-8-15(13)21-16/h3-4,7-8,11-12H,1-2,5-6,10H2/t12-/m0/s1. The number of nitrogens with zero attached hydrogens (tertiary/aromatic N) is 2. The van der Waals surface area contributed by atoms with Crippen LogP contribution in [0.2, 0.25) is 0 Å². The van der Waals surface area contributed by atoms with E-state index in [1.165, 1.54) is 24.2 Å². The minimum absolute atomic E-state index is 0.0127. The molecule has 1 aromatic heterocycles. The number of ketones is 1. The van der Waals surface area contributed by atoms with E-state index in [0.29, 0.717) is 5.01 Å². The number of aromatic nitrogens is 1. The fourth-order valence-corrected chi connectivity index (χ4v) is 3.65. The molecule has 1 atom stereocenters.